The summed E-state index contributed by atoms with van der Waals surface area (Å²) in [6.45, 7) is 0.998. The van der Waals surface area contributed by atoms with Crippen molar-refractivity contribution in [1.29, 1.82) is 0 Å². The lowest BCUT2D eigenvalue weighted by molar-refractivity contribution is 0.0642. The fourth-order valence-electron chi connectivity index (χ4n) is 2.52. The second-order valence-electron chi connectivity index (χ2n) is 4.92. The van der Waals surface area contributed by atoms with Crippen molar-refractivity contribution >= 4 is 22.6 Å². The van der Waals surface area contributed by atoms with Gasteiger partial charge in [-0.25, -0.2) is 0 Å². The van der Waals surface area contributed by atoms with E-state index < -0.39 is 0 Å². The van der Waals surface area contributed by atoms with Crippen molar-refractivity contribution in [1.82, 2.24) is 4.90 Å². The molecule has 1 atom stereocenters. The van der Waals surface area contributed by atoms with E-state index in [0.29, 0.717) is 24.3 Å². The SMILES string of the molecule is O=C1c2cc3ccccc3cc2C(=O)N1CC1CO1. The molecule has 0 aliphatic carbocycles. The van der Waals surface area contributed by atoms with E-state index in [9.17, 15) is 9.59 Å². The Kier molecular flexibility index (Phi) is 2.05. The topological polar surface area (TPSA) is 49.9 Å². The molecular weight excluding hydrogens is 242 g/mol. The smallest absolute Gasteiger partial charge is 0.261 e. The van der Waals surface area contributed by atoms with Crippen LogP contribution in [0.15, 0.2) is 36.4 Å². The summed E-state index contributed by atoms with van der Waals surface area (Å²) in [5.74, 6) is -0.414. The van der Waals surface area contributed by atoms with Gasteiger partial charge in [0.05, 0.1) is 30.4 Å². The summed E-state index contributed by atoms with van der Waals surface area (Å²) >= 11 is 0. The normalized spacial score (nSPS) is 21.1. The number of benzene rings is 2. The van der Waals surface area contributed by atoms with Crippen LogP contribution in [0.5, 0.6) is 0 Å². The van der Waals surface area contributed by atoms with Crippen molar-refractivity contribution in [3.8, 4) is 0 Å². The van der Waals surface area contributed by atoms with Crippen LogP contribution in [-0.4, -0.2) is 36.0 Å². The standard InChI is InChI=1S/C15H11NO3/c17-14-12-5-9-3-1-2-4-10(9)6-13(12)15(18)16(14)7-11-8-19-11/h1-6,11H,7-8H2. The first kappa shape index (κ1) is 10.7. The van der Waals surface area contributed by atoms with Gasteiger partial charge < -0.3 is 4.74 Å². The summed E-state index contributed by atoms with van der Waals surface area (Å²) in [6, 6.07) is 11.3. The fraction of sp³-hybridized carbons (Fsp3) is 0.200. The van der Waals surface area contributed by atoms with Crippen molar-refractivity contribution in [2.24, 2.45) is 0 Å². The van der Waals surface area contributed by atoms with E-state index >= 15 is 0 Å². The van der Waals surface area contributed by atoms with Gasteiger partial charge in [0.1, 0.15) is 0 Å². The lowest BCUT2D eigenvalue weighted by atomic mass is 10.0. The Morgan fingerprint density at radius 1 is 1.05 bits per heavy atom. The molecule has 2 aromatic rings. The predicted octanol–water partition coefficient (Wildman–Crippen LogP) is 1.83. The van der Waals surface area contributed by atoms with E-state index in [1.807, 2.05) is 24.3 Å². The third-order valence-corrected chi connectivity index (χ3v) is 3.63. The van der Waals surface area contributed by atoms with Gasteiger partial charge in [0.25, 0.3) is 11.8 Å². The Bertz CT molecular complexity index is 664. The molecule has 2 aliphatic heterocycles. The number of epoxide rings is 1. The molecule has 19 heavy (non-hydrogen) atoms. The van der Waals surface area contributed by atoms with Gasteiger partial charge >= 0.3 is 0 Å². The summed E-state index contributed by atoms with van der Waals surface area (Å²) < 4.78 is 5.10. The summed E-state index contributed by atoms with van der Waals surface area (Å²) in [5.41, 5.74) is 1.01. The molecule has 0 radical (unpaired) electrons. The largest absolute Gasteiger partial charge is 0.371 e. The number of fused-ring (bicyclic) bond motifs is 2. The molecule has 0 saturated carbocycles. The van der Waals surface area contributed by atoms with E-state index in [1.165, 1.54) is 4.90 Å². The zero-order valence-corrected chi connectivity index (χ0v) is 10.1. The number of amides is 2. The Morgan fingerprint density at radius 3 is 2.05 bits per heavy atom. The summed E-state index contributed by atoms with van der Waals surface area (Å²) in [5, 5.41) is 1.96. The van der Waals surface area contributed by atoms with Gasteiger partial charge in [-0.1, -0.05) is 24.3 Å². The van der Waals surface area contributed by atoms with Gasteiger partial charge in [-0.05, 0) is 22.9 Å². The highest BCUT2D eigenvalue weighted by Gasteiger charge is 2.39. The maximum atomic E-state index is 12.3. The van der Waals surface area contributed by atoms with Gasteiger partial charge in [0, 0.05) is 0 Å². The molecule has 2 heterocycles. The highest BCUT2D eigenvalue weighted by Crippen LogP contribution is 2.29. The minimum absolute atomic E-state index is 0.0247. The molecule has 4 nitrogen and oxygen atoms in total. The minimum Gasteiger partial charge on any atom is -0.371 e. The van der Waals surface area contributed by atoms with Gasteiger partial charge in [0.15, 0.2) is 0 Å². The molecule has 4 heteroatoms. The quantitative estimate of drug-likeness (QED) is 0.606. The number of carbonyl (C=O) groups is 2. The van der Waals surface area contributed by atoms with Gasteiger partial charge in [-0.15, -0.1) is 0 Å². The van der Waals surface area contributed by atoms with Gasteiger partial charge in [-0.2, -0.15) is 0 Å². The number of rotatable bonds is 2. The van der Waals surface area contributed by atoms with Crippen LogP contribution in [0.4, 0.5) is 0 Å². The van der Waals surface area contributed by atoms with Gasteiger partial charge in [0.2, 0.25) is 0 Å². The monoisotopic (exact) mass is 253 g/mol. The molecule has 0 spiro atoms. The second-order valence-corrected chi connectivity index (χ2v) is 4.92. The van der Waals surface area contributed by atoms with E-state index in [2.05, 4.69) is 0 Å². The number of hydrogen-bond acceptors (Lipinski definition) is 3. The van der Waals surface area contributed by atoms with E-state index in [0.717, 1.165) is 10.8 Å². The van der Waals surface area contributed by atoms with Crippen molar-refractivity contribution in [2.45, 2.75) is 6.10 Å². The van der Waals surface area contributed by atoms with Crippen LogP contribution in [0, 0.1) is 0 Å². The average Bonchev–Trinajstić information content (AvgIpc) is 3.22. The average molecular weight is 253 g/mol. The van der Waals surface area contributed by atoms with Crippen molar-refractivity contribution in [2.75, 3.05) is 13.2 Å². The predicted molar refractivity (Wildman–Crippen MR) is 69.1 cm³/mol. The number of carbonyl (C=O) groups excluding carboxylic acids is 2. The molecule has 0 bridgehead atoms. The summed E-state index contributed by atoms with van der Waals surface area (Å²) in [4.78, 5) is 25.8. The molecule has 0 N–H and O–H groups in total. The number of hydrogen-bond donors (Lipinski definition) is 0. The highest BCUT2D eigenvalue weighted by atomic mass is 16.6. The van der Waals surface area contributed by atoms with E-state index in [-0.39, 0.29) is 17.9 Å². The second kappa shape index (κ2) is 3.65. The van der Waals surface area contributed by atoms with Crippen molar-refractivity contribution in [3.63, 3.8) is 0 Å². The number of imide groups is 1. The molecule has 1 fully saturated rings. The van der Waals surface area contributed by atoms with Crippen LogP contribution in [0.1, 0.15) is 20.7 Å². The van der Waals surface area contributed by atoms with Crippen LogP contribution in [0.3, 0.4) is 0 Å². The Labute approximate surface area is 109 Å². The van der Waals surface area contributed by atoms with Crippen LogP contribution < -0.4 is 0 Å². The maximum Gasteiger partial charge on any atom is 0.261 e. The minimum atomic E-state index is -0.207. The molecule has 2 aromatic carbocycles. The molecule has 1 saturated heterocycles. The number of ether oxygens (including phenoxy) is 1. The molecule has 0 aromatic heterocycles. The van der Waals surface area contributed by atoms with Crippen LogP contribution in [-0.2, 0) is 4.74 Å². The zero-order chi connectivity index (χ0) is 13.0. The van der Waals surface area contributed by atoms with Crippen LogP contribution >= 0.6 is 0 Å². The molecule has 4 rings (SSSR count). The fourth-order valence-corrected chi connectivity index (χ4v) is 2.52. The molecule has 1 unspecified atom stereocenters. The molecule has 2 aliphatic rings. The van der Waals surface area contributed by atoms with Gasteiger partial charge in [-0.3, -0.25) is 14.5 Å². The van der Waals surface area contributed by atoms with E-state index in [1.54, 1.807) is 12.1 Å². The third kappa shape index (κ3) is 1.57. The lowest BCUT2D eigenvalue weighted by Crippen LogP contribution is -2.33. The van der Waals surface area contributed by atoms with Crippen LogP contribution in [0.25, 0.3) is 10.8 Å². The number of nitrogens with zero attached hydrogens (tertiary/aromatic N) is 1. The Hall–Kier alpha value is -2.20. The summed E-state index contributed by atoms with van der Waals surface area (Å²) in [7, 11) is 0. The van der Waals surface area contributed by atoms with Crippen molar-refractivity contribution in [3.05, 3.63) is 47.5 Å². The van der Waals surface area contributed by atoms with Crippen molar-refractivity contribution < 1.29 is 14.3 Å². The van der Waals surface area contributed by atoms with E-state index in [4.69, 9.17) is 4.74 Å². The zero-order valence-electron chi connectivity index (χ0n) is 10.1. The Morgan fingerprint density at radius 2 is 1.58 bits per heavy atom. The highest BCUT2D eigenvalue weighted by molar-refractivity contribution is 6.23. The first-order valence-electron chi connectivity index (χ1n) is 6.24. The Balaban J connectivity index is 1.84. The first-order chi connectivity index (χ1) is 9.24. The first-order valence-corrected chi connectivity index (χ1v) is 6.24. The molecule has 94 valence electrons. The molecular formula is C15H11NO3. The lowest BCUT2D eigenvalue weighted by Gasteiger charge is -2.10. The third-order valence-electron chi connectivity index (χ3n) is 3.63. The molecule has 2 amide bonds. The summed E-state index contributed by atoms with van der Waals surface area (Å²) in [6.07, 6.45) is 0.0247. The van der Waals surface area contributed by atoms with Crippen LogP contribution in [0.2, 0.25) is 0 Å². The maximum absolute atomic E-state index is 12.3.